The molecular weight excluding hydrogens is 224 g/mol. The van der Waals surface area contributed by atoms with Gasteiger partial charge < -0.3 is 10.3 Å². The van der Waals surface area contributed by atoms with Gasteiger partial charge in [-0.15, -0.1) is 0 Å². The molecule has 1 amide bonds. The lowest BCUT2D eigenvalue weighted by atomic mass is 10.1. The molecule has 18 heavy (non-hydrogen) atoms. The monoisotopic (exact) mass is 244 g/mol. The Morgan fingerprint density at radius 1 is 1.28 bits per heavy atom. The molecule has 0 saturated heterocycles. The van der Waals surface area contributed by atoms with Gasteiger partial charge in [0.1, 0.15) is 0 Å². The summed E-state index contributed by atoms with van der Waals surface area (Å²) in [6, 6.07) is 10.5. The molecule has 0 radical (unpaired) electrons. The number of amides is 1. The van der Waals surface area contributed by atoms with Crippen LogP contribution in [0.5, 0.6) is 0 Å². The zero-order chi connectivity index (χ0) is 13.1. The van der Waals surface area contributed by atoms with E-state index in [-0.39, 0.29) is 17.9 Å². The van der Waals surface area contributed by atoms with Crippen LogP contribution < -0.4 is 5.32 Å². The standard InChI is InChI=1S/C15H20N2O/c1-10(2)15(18)16-11(3)8-13-9-12-6-4-5-7-14(12)17-13/h4-7,9-11,17H,8H2,1-3H3,(H,16,18). The molecule has 1 heterocycles. The summed E-state index contributed by atoms with van der Waals surface area (Å²) >= 11 is 0. The van der Waals surface area contributed by atoms with Crippen molar-refractivity contribution in [2.24, 2.45) is 5.92 Å². The van der Waals surface area contributed by atoms with Crippen LogP contribution >= 0.6 is 0 Å². The fraction of sp³-hybridized carbons (Fsp3) is 0.400. The molecule has 1 unspecified atom stereocenters. The van der Waals surface area contributed by atoms with Gasteiger partial charge in [0.25, 0.3) is 0 Å². The Morgan fingerprint density at radius 2 is 2.00 bits per heavy atom. The minimum absolute atomic E-state index is 0.0372. The maximum atomic E-state index is 11.6. The fourth-order valence-corrected chi connectivity index (χ4v) is 2.03. The lowest BCUT2D eigenvalue weighted by molar-refractivity contribution is -0.124. The highest BCUT2D eigenvalue weighted by Crippen LogP contribution is 2.15. The van der Waals surface area contributed by atoms with Crippen molar-refractivity contribution in [3.8, 4) is 0 Å². The number of H-pyrrole nitrogens is 1. The molecule has 1 atom stereocenters. The maximum Gasteiger partial charge on any atom is 0.222 e. The summed E-state index contributed by atoms with van der Waals surface area (Å²) in [5.41, 5.74) is 2.31. The topological polar surface area (TPSA) is 44.9 Å². The van der Waals surface area contributed by atoms with Gasteiger partial charge in [-0.05, 0) is 24.4 Å². The first-order valence-electron chi connectivity index (χ1n) is 6.43. The Hall–Kier alpha value is -1.77. The molecule has 0 aliphatic heterocycles. The number of benzene rings is 1. The van der Waals surface area contributed by atoms with Crippen molar-refractivity contribution in [3.05, 3.63) is 36.0 Å². The van der Waals surface area contributed by atoms with Crippen LogP contribution in [-0.4, -0.2) is 16.9 Å². The second-order valence-corrected chi connectivity index (χ2v) is 5.15. The lowest BCUT2D eigenvalue weighted by Crippen LogP contribution is -2.36. The van der Waals surface area contributed by atoms with Gasteiger partial charge in [0, 0.05) is 29.6 Å². The molecule has 0 aliphatic carbocycles. The van der Waals surface area contributed by atoms with Crippen molar-refractivity contribution in [2.45, 2.75) is 33.2 Å². The van der Waals surface area contributed by atoms with E-state index in [1.165, 1.54) is 5.39 Å². The first-order valence-corrected chi connectivity index (χ1v) is 6.43. The molecular formula is C15H20N2O. The Kier molecular flexibility index (Phi) is 3.70. The average Bonchev–Trinajstić information content (AvgIpc) is 2.70. The third kappa shape index (κ3) is 2.92. The van der Waals surface area contributed by atoms with E-state index in [1.54, 1.807) is 0 Å². The van der Waals surface area contributed by atoms with Gasteiger partial charge in [-0.1, -0.05) is 32.0 Å². The van der Waals surface area contributed by atoms with Crippen LogP contribution in [0.1, 0.15) is 26.5 Å². The summed E-state index contributed by atoms with van der Waals surface area (Å²) in [7, 11) is 0. The van der Waals surface area contributed by atoms with Crippen molar-refractivity contribution >= 4 is 16.8 Å². The lowest BCUT2D eigenvalue weighted by Gasteiger charge is -2.14. The summed E-state index contributed by atoms with van der Waals surface area (Å²) < 4.78 is 0. The highest BCUT2D eigenvalue weighted by Gasteiger charge is 2.12. The van der Waals surface area contributed by atoms with Gasteiger partial charge in [0.2, 0.25) is 5.91 Å². The van der Waals surface area contributed by atoms with Gasteiger partial charge in [0.15, 0.2) is 0 Å². The normalized spacial score (nSPS) is 12.9. The summed E-state index contributed by atoms with van der Waals surface area (Å²) in [6.45, 7) is 5.85. The van der Waals surface area contributed by atoms with Gasteiger partial charge in [-0.25, -0.2) is 0 Å². The molecule has 2 aromatic rings. The van der Waals surface area contributed by atoms with E-state index in [0.29, 0.717) is 0 Å². The molecule has 0 fully saturated rings. The van der Waals surface area contributed by atoms with E-state index in [9.17, 15) is 4.79 Å². The highest BCUT2D eigenvalue weighted by atomic mass is 16.1. The SMILES string of the molecule is CC(Cc1cc2ccccc2[nH]1)NC(=O)C(C)C. The highest BCUT2D eigenvalue weighted by molar-refractivity contribution is 5.80. The van der Waals surface area contributed by atoms with Crippen LogP contribution in [0.15, 0.2) is 30.3 Å². The molecule has 0 spiro atoms. The average molecular weight is 244 g/mol. The van der Waals surface area contributed by atoms with Gasteiger partial charge in [0.05, 0.1) is 0 Å². The molecule has 0 aliphatic rings. The molecule has 3 heteroatoms. The first-order chi connectivity index (χ1) is 8.56. The number of hydrogen-bond acceptors (Lipinski definition) is 1. The van der Waals surface area contributed by atoms with Gasteiger partial charge >= 0.3 is 0 Å². The maximum absolute atomic E-state index is 11.6. The molecule has 0 saturated carbocycles. The van der Waals surface area contributed by atoms with Gasteiger partial charge in [-0.2, -0.15) is 0 Å². The molecule has 2 rings (SSSR count). The quantitative estimate of drug-likeness (QED) is 0.853. The molecule has 96 valence electrons. The van der Waals surface area contributed by atoms with E-state index in [1.807, 2.05) is 32.9 Å². The van der Waals surface area contributed by atoms with Crippen molar-refractivity contribution in [1.82, 2.24) is 10.3 Å². The minimum Gasteiger partial charge on any atom is -0.358 e. The van der Waals surface area contributed by atoms with Crippen LogP contribution in [0.25, 0.3) is 10.9 Å². The van der Waals surface area contributed by atoms with E-state index in [4.69, 9.17) is 0 Å². The zero-order valence-corrected chi connectivity index (χ0v) is 11.2. The Balaban J connectivity index is 2.02. The Morgan fingerprint density at radius 3 is 2.67 bits per heavy atom. The van der Waals surface area contributed by atoms with Crippen molar-refractivity contribution in [1.29, 1.82) is 0 Å². The number of carbonyl (C=O) groups excluding carboxylic acids is 1. The third-order valence-electron chi connectivity index (χ3n) is 3.02. The zero-order valence-electron chi connectivity index (χ0n) is 11.2. The van der Waals surface area contributed by atoms with Gasteiger partial charge in [-0.3, -0.25) is 4.79 Å². The van der Waals surface area contributed by atoms with E-state index in [2.05, 4.69) is 28.5 Å². The van der Waals surface area contributed by atoms with E-state index < -0.39 is 0 Å². The number of fused-ring (bicyclic) bond motifs is 1. The number of nitrogens with one attached hydrogen (secondary N) is 2. The number of rotatable bonds is 4. The van der Waals surface area contributed by atoms with Crippen molar-refractivity contribution in [3.63, 3.8) is 0 Å². The Bertz CT molecular complexity index is 509. The van der Waals surface area contributed by atoms with Crippen molar-refractivity contribution < 1.29 is 4.79 Å². The number of aromatic nitrogens is 1. The number of para-hydroxylation sites is 1. The molecule has 2 N–H and O–H groups in total. The number of carbonyl (C=O) groups is 1. The smallest absolute Gasteiger partial charge is 0.222 e. The van der Waals surface area contributed by atoms with Crippen LogP contribution in [0.4, 0.5) is 0 Å². The van der Waals surface area contributed by atoms with E-state index in [0.717, 1.165) is 17.6 Å². The summed E-state index contributed by atoms with van der Waals surface area (Å²) in [4.78, 5) is 15.0. The van der Waals surface area contributed by atoms with Crippen LogP contribution in [0.2, 0.25) is 0 Å². The summed E-state index contributed by atoms with van der Waals surface area (Å²) in [5, 5.41) is 4.23. The van der Waals surface area contributed by atoms with Crippen molar-refractivity contribution in [2.75, 3.05) is 0 Å². The molecule has 1 aromatic heterocycles. The predicted molar refractivity (Wildman–Crippen MR) is 74.4 cm³/mol. The Labute approximate surface area is 108 Å². The van der Waals surface area contributed by atoms with Crippen LogP contribution in [0, 0.1) is 5.92 Å². The fourth-order valence-electron chi connectivity index (χ4n) is 2.03. The summed E-state index contributed by atoms with van der Waals surface area (Å²) in [5.74, 6) is 0.147. The predicted octanol–water partition coefficient (Wildman–Crippen LogP) is 2.87. The second kappa shape index (κ2) is 5.25. The minimum atomic E-state index is 0.0372. The third-order valence-corrected chi connectivity index (χ3v) is 3.02. The first kappa shape index (κ1) is 12.7. The molecule has 0 bridgehead atoms. The molecule has 1 aromatic carbocycles. The second-order valence-electron chi connectivity index (χ2n) is 5.15. The number of hydrogen-bond donors (Lipinski definition) is 2. The summed E-state index contributed by atoms with van der Waals surface area (Å²) in [6.07, 6.45) is 0.827. The van der Waals surface area contributed by atoms with E-state index >= 15 is 0 Å². The number of aromatic amines is 1. The molecule has 3 nitrogen and oxygen atoms in total. The van der Waals surface area contributed by atoms with Crippen LogP contribution in [-0.2, 0) is 11.2 Å². The van der Waals surface area contributed by atoms with Crippen LogP contribution in [0.3, 0.4) is 0 Å². The largest absolute Gasteiger partial charge is 0.358 e.